The standard InChI is InChI=1S/C11H12N2O3S/c14-10-9(6-8-4-2-1-3-5-8)12-11(15)13(10)7-16-17/h1-5,9,17H,6-7H2,(H,12,15). The van der Waals surface area contributed by atoms with E-state index in [1.807, 2.05) is 30.3 Å². The van der Waals surface area contributed by atoms with Crippen molar-refractivity contribution in [1.82, 2.24) is 10.2 Å². The highest BCUT2D eigenvalue weighted by Gasteiger charge is 2.37. The van der Waals surface area contributed by atoms with Crippen molar-refractivity contribution in [3.63, 3.8) is 0 Å². The number of nitrogens with one attached hydrogen (secondary N) is 1. The van der Waals surface area contributed by atoms with E-state index in [0.717, 1.165) is 10.5 Å². The quantitative estimate of drug-likeness (QED) is 0.477. The first-order chi connectivity index (χ1) is 8.22. The Labute approximate surface area is 104 Å². The number of benzene rings is 1. The minimum Gasteiger partial charge on any atom is -0.325 e. The van der Waals surface area contributed by atoms with Crippen LogP contribution in [0.3, 0.4) is 0 Å². The molecule has 1 aliphatic heterocycles. The largest absolute Gasteiger partial charge is 0.326 e. The molecular weight excluding hydrogens is 240 g/mol. The molecule has 0 spiro atoms. The zero-order chi connectivity index (χ0) is 12.3. The Kier molecular flexibility index (Phi) is 3.65. The molecule has 1 aromatic carbocycles. The van der Waals surface area contributed by atoms with Gasteiger partial charge in [-0.2, -0.15) is 0 Å². The molecule has 1 atom stereocenters. The molecule has 1 saturated heterocycles. The number of carbonyl (C=O) groups is 2. The molecule has 1 aliphatic rings. The number of rotatable bonds is 4. The van der Waals surface area contributed by atoms with Crippen molar-refractivity contribution in [2.24, 2.45) is 0 Å². The lowest BCUT2D eigenvalue weighted by Gasteiger charge is -2.10. The van der Waals surface area contributed by atoms with E-state index in [9.17, 15) is 9.59 Å². The van der Waals surface area contributed by atoms with Crippen molar-refractivity contribution in [3.05, 3.63) is 35.9 Å². The van der Waals surface area contributed by atoms with E-state index in [1.54, 1.807) is 0 Å². The number of carbonyl (C=O) groups excluding carboxylic acids is 2. The third-order valence-corrected chi connectivity index (χ3v) is 2.69. The van der Waals surface area contributed by atoms with Crippen LogP contribution in [0.1, 0.15) is 5.56 Å². The summed E-state index contributed by atoms with van der Waals surface area (Å²) in [6.07, 6.45) is 0.481. The summed E-state index contributed by atoms with van der Waals surface area (Å²) < 4.78 is 4.50. The van der Waals surface area contributed by atoms with Crippen LogP contribution in [0.4, 0.5) is 4.79 Å². The Morgan fingerprint density at radius 2 is 2.00 bits per heavy atom. The highest BCUT2D eigenvalue weighted by molar-refractivity contribution is 7.75. The van der Waals surface area contributed by atoms with Gasteiger partial charge < -0.3 is 5.32 Å². The van der Waals surface area contributed by atoms with E-state index in [2.05, 4.69) is 22.4 Å². The van der Waals surface area contributed by atoms with E-state index in [1.165, 1.54) is 0 Å². The van der Waals surface area contributed by atoms with Crippen molar-refractivity contribution >= 4 is 24.8 Å². The number of nitrogens with zero attached hydrogens (tertiary/aromatic N) is 1. The van der Waals surface area contributed by atoms with E-state index in [-0.39, 0.29) is 12.6 Å². The van der Waals surface area contributed by atoms with E-state index in [4.69, 9.17) is 0 Å². The average molecular weight is 252 g/mol. The monoisotopic (exact) mass is 252 g/mol. The van der Waals surface area contributed by atoms with Gasteiger partial charge in [-0.25, -0.2) is 9.69 Å². The van der Waals surface area contributed by atoms with Crippen LogP contribution in [0, 0.1) is 0 Å². The molecule has 0 aromatic heterocycles. The van der Waals surface area contributed by atoms with Crippen LogP contribution in [-0.4, -0.2) is 29.6 Å². The van der Waals surface area contributed by atoms with Crippen LogP contribution in [-0.2, 0) is 15.4 Å². The topological polar surface area (TPSA) is 58.6 Å². The van der Waals surface area contributed by atoms with E-state index >= 15 is 0 Å². The van der Waals surface area contributed by atoms with Crippen LogP contribution < -0.4 is 5.32 Å². The fourth-order valence-electron chi connectivity index (χ4n) is 1.75. The maximum Gasteiger partial charge on any atom is 0.326 e. The number of thiol groups is 1. The van der Waals surface area contributed by atoms with Gasteiger partial charge in [-0.05, 0) is 18.5 Å². The molecule has 1 aromatic rings. The van der Waals surface area contributed by atoms with Crippen molar-refractivity contribution in [3.8, 4) is 0 Å². The second kappa shape index (κ2) is 5.20. The minimum atomic E-state index is -0.520. The van der Waals surface area contributed by atoms with Gasteiger partial charge in [0.15, 0.2) is 0 Å². The summed E-state index contributed by atoms with van der Waals surface area (Å²) in [5.41, 5.74) is 1.000. The summed E-state index contributed by atoms with van der Waals surface area (Å²) in [5, 5.41) is 2.61. The molecule has 0 bridgehead atoms. The summed E-state index contributed by atoms with van der Waals surface area (Å²) >= 11 is 3.53. The number of imide groups is 1. The average Bonchev–Trinajstić information content (AvgIpc) is 2.59. The Balaban J connectivity index is 2.04. The maximum absolute atomic E-state index is 11.8. The van der Waals surface area contributed by atoms with Gasteiger partial charge in [-0.15, -0.1) is 0 Å². The first-order valence-corrected chi connectivity index (χ1v) is 5.51. The van der Waals surface area contributed by atoms with Crippen molar-refractivity contribution in [1.29, 1.82) is 0 Å². The Bertz CT molecular complexity index is 424. The van der Waals surface area contributed by atoms with Gasteiger partial charge in [-0.3, -0.25) is 8.98 Å². The number of hydrogen-bond donors (Lipinski definition) is 2. The molecule has 1 unspecified atom stereocenters. The maximum atomic E-state index is 11.8. The molecule has 90 valence electrons. The molecule has 6 heteroatoms. The van der Waals surface area contributed by atoms with Crippen LogP contribution in [0.15, 0.2) is 30.3 Å². The highest BCUT2D eigenvalue weighted by Crippen LogP contribution is 2.12. The normalized spacial score (nSPS) is 19.6. The molecule has 5 nitrogen and oxygen atoms in total. The van der Waals surface area contributed by atoms with Gasteiger partial charge in [0.25, 0.3) is 5.91 Å². The first-order valence-electron chi connectivity index (χ1n) is 5.14. The molecule has 0 radical (unpaired) electrons. The fourth-order valence-corrected chi connectivity index (χ4v) is 1.86. The summed E-state index contributed by atoms with van der Waals surface area (Å²) in [6.45, 7) is -0.140. The SMILES string of the molecule is O=C1NC(Cc2ccccc2)C(=O)N1COS. The predicted molar refractivity (Wildman–Crippen MR) is 64.2 cm³/mol. The van der Waals surface area contributed by atoms with Crippen molar-refractivity contribution < 1.29 is 13.8 Å². The molecule has 2 rings (SSSR count). The zero-order valence-corrected chi connectivity index (χ0v) is 9.89. The fraction of sp³-hybridized carbons (Fsp3) is 0.273. The summed E-state index contributed by atoms with van der Waals surface area (Å²) in [5.74, 6) is -0.284. The molecule has 3 amide bonds. The van der Waals surface area contributed by atoms with Crippen LogP contribution in [0.2, 0.25) is 0 Å². The number of hydrogen-bond acceptors (Lipinski definition) is 4. The molecule has 17 heavy (non-hydrogen) atoms. The van der Waals surface area contributed by atoms with E-state index in [0.29, 0.717) is 6.42 Å². The zero-order valence-electron chi connectivity index (χ0n) is 9.00. The van der Waals surface area contributed by atoms with Gasteiger partial charge in [0.2, 0.25) is 0 Å². The van der Waals surface area contributed by atoms with Gasteiger partial charge in [0, 0.05) is 6.42 Å². The smallest absolute Gasteiger partial charge is 0.325 e. The molecule has 0 aliphatic carbocycles. The third kappa shape index (κ3) is 2.59. The Morgan fingerprint density at radius 1 is 1.29 bits per heavy atom. The van der Waals surface area contributed by atoms with E-state index < -0.39 is 12.1 Å². The summed E-state index contributed by atoms with van der Waals surface area (Å²) in [4.78, 5) is 24.3. The molecule has 0 saturated carbocycles. The highest BCUT2D eigenvalue weighted by atomic mass is 32.1. The lowest BCUT2D eigenvalue weighted by molar-refractivity contribution is -0.129. The molecule has 1 fully saturated rings. The summed E-state index contributed by atoms with van der Waals surface area (Å²) in [6, 6.07) is 8.56. The molecular formula is C11H12N2O3S. The van der Waals surface area contributed by atoms with Gasteiger partial charge in [-0.1, -0.05) is 30.3 Å². The van der Waals surface area contributed by atoms with Crippen molar-refractivity contribution in [2.45, 2.75) is 12.5 Å². The Hall–Kier alpha value is -1.53. The van der Waals surface area contributed by atoms with Crippen LogP contribution in [0.5, 0.6) is 0 Å². The van der Waals surface area contributed by atoms with Crippen LogP contribution >= 0.6 is 12.9 Å². The summed E-state index contributed by atoms with van der Waals surface area (Å²) in [7, 11) is 0. The van der Waals surface area contributed by atoms with Gasteiger partial charge in [0.1, 0.15) is 12.8 Å². The predicted octanol–water partition coefficient (Wildman–Crippen LogP) is 0.968. The second-order valence-electron chi connectivity index (χ2n) is 3.72. The van der Waals surface area contributed by atoms with Crippen molar-refractivity contribution in [2.75, 3.05) is 6.73 Å². The Morgan fingerprint density at radius 3 is 2.65 bits per heavy atom. The lowest BCUT2D eigenvalue weighted by atomic mass is 10.1. The third-order valence-electron chi connectivity index (χ3n) is 2.58. The van der Waals surface area contributed by atoms with Gasteiger partial charge >= 0.3 is 6.03 Å². The lowest BCUT2D eigenvalue weighted by Crippen LogP contribution is -2.33. The van der Waals surface area contributed by atoms with Crippen LogP contribution in [0.25, 0.3) is 0 Å². The minimum absolute atomic E-state index is 0.140. The van der Waals surface area contributed by atoms with Gasteiger partial charge in [0.05, 0.1) is 0 Å². The number of amides is 3. The molecule has 1 heterocycles. The second-order valence-corrected chi connectivity index (χ2v) is 3.97. The first kappa shape index (κ1) is 11.9. The number of urea groups is 1. The molecule has 1 N–H and O–H groups in total.